The molecule has 4 amide bonds. The third kappa shape index (κ3) is 2.29. The standard InChI is InChI=1S/C13H11BrFN3O3/c14-9-2-1-7(15)5-8(9)10(19)18-4-3-13(6-18)11(20)16-12(21)17-13/h1-2,5H,3-4,6H2,(H2,16,17,20,21). The van der Waals surface area contributed by atoms with Gasteiger partial charge in [0.25, 0.3) is 11.8 Å². The molecule has 0 bridgehead atoms. The lowest BCUT2D eigenvalue weighted by molar-refractivity contribution is -0.123. The van der Waals surface area contributed by atoms with E-state index >= 15 is 0 Å². The summed E-state index contributed by atoms with van der Waals surface area (Å²) >= 11 is 3.21. The molecular weight excluding hydrogens is 345 g/mol. The summed E-state index contributed by atoms with van der Waals surface area (Å²) in [6, 6.07) is 3.29. The lowest BCUT2D eigenvalue weighted by atomic mass is 9.99. The maximum Gasteiger partial charge on any atom is 0.322 e. The Kier molecular flexibility index (Phi) is 3.20. The second kappa shape index (κ2) is 4.80. The van der Waals surface area contributed by atoms with Crippen LogP contribution in [0.15, 0.2) is 22.7 Å². The van der Waals surface area contributed by atoms with Gasteiger partial charge in [0.05, 0.1) is 12.1 Å². The zero-order chi connectivity index (χ0) is 15.2. The second-order valence-electron chi connectivity index (χ2n) is 5.09. The molecule has 1 aromatic rings. The Morgan fingerprint density at radius 2 is 2.14 bits per heavy atom. The minimum Gasteiger partial charge on any atom is -0.336 e. The van der Waals surface area contributed by atoms with Gasteiger partial charge >= 0.3 is 6.03 Å². The first-order valence-electron chi connectivity index (χ1n) is 6.29. The van der Waals surface area contributed by atoms with Crippen molar-refractivity contribution in [3.63, 3.8) is 0 Å². The molecule has 1 atom stereocenters. The van der Waals surface area contributed by atoms with Crippen molar-refractivity contribution in [1.82, 2.24) is 15.5 Å². The fourth-order valence-electron chi connectivity index (χ4n) is 2.63. The summed E-state index contributed by atoms with van der Waals surface area (Å²) in [5.41, 5.74) is -0.871. The summed E-state index contributed by atoms with van der Waals surface area (Å²) in [5.74, 6) is -1.32. The van der Waals surface area contributed by atoms with Gasteiger partial charge in [0.2, 0.25) is 0 Å². The molecule has 0 aliphatic carbocycles. The van der Waals surface area contributed by atoms with Gasteiger partial charge in [-0.25, -0.2) is 9.18 Å². The summed E-state index contributed by atoms with van der Waals surface area (Å²) in [6.07, 6.45) is 0.337. The number of halogens is 2. The molecule has 3 rings (SSSR count). The minimum absolute atomic E-state index is 0.0758. The molecule has 6 nitrogen and oxygen atoms in total. The molecule has 0 saturated carbocycles. The fourth-order valence-corrected chi connectivity index (χ4v) is 3.05. The molecule has 21 heavy (non-hydrogen) atoms. The summed E-state index contributed by atoms with van der Waals surface area (Å²) in [6.45, 7) is 0.391. The predicted molar refractivity (Wildman–Crippen MR) is 74.0 cm³/mol. The Hall–Kier alpha value is -1.96. The van der Waals surface area contributed by atoms with Crippen LogP contribution in [0.3, 0.4) is 0 Å². The Morgan fingerprint density at radius 3 is 2.81 bits per heavy atom. The van der Waals surface area contributed by atoms with Crippen LogP contribution >= 0.6 is 15.9 Å². The zero-order valence-corrected chi connectivity index (χ0v) is 12.4. The quantitative estimate of drug-likeness (QED) is 0.738. The van der Waals surface area contributed by atoms with Gasteiger partial charge in [-0.1, -0.05) is 0 Å². The van der Waals surface area contributed by atoms with E-state index in [0.29, 0.717) is 17.4 Å². The van der Waals surface area contributed by atoms with Gasteiger partial charge in [0.15, 0.2) is 0 Å². The number of carbonyl (C=O) groups excluding carboxylic acids is 3. The molecule has 110 valence electrons. The fraction of sp³-hybridized carbons (Fsp3) is 0.308. The van der Waals surface area contributed by atoms with Gasteiger partial charge in [-0.2, -0.15) is 0 Å². The number of imide groups is 1. The Morgan fingerprint density at radius 1 is 1.38 bits per heavy atom. The average molecular weight is 356 g/mol. The third-order valence-electron chi connectivity index (χ3n) is 3.73. The molecule has 0 radical (unpaired) electrons. The minimum atomic E-state index is -1.06. The van der Waals surface area contributed by atoms with Gasteiger partial charge < -0.3 is 10.2 Å². The molecule has 2 N–H and O–H groups in total. The lowest BCUT2D eigenvalue weighted by Gasteiger charge is -2.21. The van der Waals surface area contributed by atoms with E-state index in [0.717, 1.165) is 6.07 Å². The van der Waals surface area contributed by atoms with Crippen molar-refractivity contribution in [2.24, 2.45) is 0 Å². The monoisotopic (exact) mass is 355 g/mol. The Labute approximate surface area is 127 Å². The highest BCUT2D eigenvalue weighted by Crippen LogP contribution is 2.28. The van der Waals surface area contributed by atoms with Gasteiger partial charge in [-0.3, -0.25) is 14.9 Å². The summed E-state index contributed by atoms with van der Waals surface area (Å²) < 4.78 is 13.8. The predicted octanol–water partition coefficient (Wildman–Crippen LogP) is 1.01. The van der Waals surface area contributed by atoms with Crippen molar-refractivity contribution in [1.29, 1.82) is 0 Å². The number of urea groups is 1. The molecule has 2 fully saturated rings. The largest absolute Gasteiger partial charge is 0.336 e. The molecule has 2 heterocycles. The van der Waals surface area contributed by atoms with Crippen LogP contribution in [-0.2, 0) is 4.79 Å². The van der Waals surface area contributed by atoms with Crippen molar-refractivity contribution < 1.29 is 18.8 Å². The number of nitrogens with zero attached hydrogens (tertiary/aromatic N) is 1. The summed E-state index contributed by atoms with van der Waals surface area (Å²) in [5, 5.41) is 4.74. The lowest BCUT2D eigenvalue weighted by Crippen LogP contribution is -2.49. The molecule has 0 aromatic heterocycles. The summed E-state index contributed by atoms with van der Waals surface area (Å²) in [7, 11) is 0. The molecule has 1 aromatic carbocycles. The number of hydrogen-bond donors (Lipinski definition) is 2. The van der Waals surface area contributed by atoms with Crippen LogP contribution in [0.1, 0.15) is 16.8 Å². The van der Waals surface area contributed by atoms with E-state index in [-0.39, 0.29) is 18.0 Å². The van der Waals surface area contributed by atoms with Crippen LogP contribution in [0, 0.1) is 5.82 Å². The number of nitrogens with one attached hydrogen (secondary N) is 2. The second-order valence-corrected chi connectivity index (χ2v) is 5.95. The zero-order valence-electron chi connectivity index (χ0n) is 10.8. The van der Waals surface area contributed by atoms with Crippen molar-refractivity contribution >= 4 is 33.8 Å². The highest BCUT2D eigenvalue weighted by molar-refractivity contribution is 9.10. The normalized spacial score (nSPS) is 24.4. The molecule has 1 spiro atoms. The number of amides is 4. The topological polar surface area (TPSA) is 78.5 Å². The molecule has 2 aliphatic heterocycles. The van der Waals surface area contributed by atoms with Crippen LogP contribution < -0.4 is 10.6 Å². The van der Waals surface area contributed by atoms with Crippen LogP contribution in [0.2, 0.25) is 0 Å². The van der Waals surface area contributed by atoms with Gasteiger partial charge in [-0.05, 0) is 40.5 Å². The first-order valence-corrected chi connectivity index (χ1v) is 7.08. The van der Waals surface area contributed by atoms with Gasteiger partial charge in [0.1, 0.15) is 11.4 Å². The number of carbonyl (C=O) groups is 3. The molecule has 2 saturated heterocycles. The highest BCUT2D eigenvalue weighted by Gasteiger charge is 2.51. The molecule has 1 unspecified atom stereocenters. The molecular formula is C13H11BrFN3O3. The SMILES string of the molecule is O=C1NC(=O)C2(CCN(C(=O)c3cc(F)ccc3Br)C2)N1. The van der Waals surface area contributed by atoms with Crippen LogP contribution in [0.4, 0.5) is 9.18 Å². The Bertz CT molecular complexity index is 666. The average Bonchev–Trinajstić information content (AvgIpc) is 2.97. The van der Waals surface area contributed by atoms with E-state index in [1.807, 2.05) is 0 Å². The number of benzene rings is 1. The van der Waals surface area contributed by atoms with Crippen molar-refractivity contribution in [3.8, 4) is 0 Å². The van der Waals surface area contributed by atoms with Crippen molar-refractivity contribution in [2.75, 3.05) is 13.1 Å². The molecule has 8 heteroatoms. The maximum atomic E-state index is 13.3. The third-order valence-corrected chi connectivity index (χ3v) is 4.42. The first-order chi connectivity index (χ1) is 9.91. The number of hydrogen-bond acceptors (Lipinski definition) is 3. The van der Waals surface area contributed by atoms with Gasteiger partial charge in [-0.15, -0.1) is 0 Å². The van der Waals surface area contributed by atoms with Gasteiger partial charge in [0, 0.05) is 11.0 Å². The van der Waals surface area contributed by atoms with E-state index in [1.165, 1.54) is 17.0 Å². The number of likely N-dealkylation sites (tertiary alicyclic amines) is 1. The first kappa shape index (κ1) is 14.0. The van der Waals surface area contributed by atoms with E-state index in [9.17, 15) is 18.8 Å². The maximum absolute atomic E-state index is 13.3. The summed E-state index contributed by atoms with van der Waals surface area (Å²) in [4.78, 5) is 37.0. The van der Waals surface area contributed by atoms with E-state index in [4.69, 9.17) is 0 Å². The van der Waals surface area contributed by atoms with Crippen LogP contribution in [-0.4, -0.2) is 41.4 Å². The van der Waals surface area contributed by atoms with E-state index in [2.05, 4.69) is 26.6 Å². The molecule has 2 aliphatic rings. The highest BCUT2D eigenvalue weighted by atomic mass is 79.9. The van der Waals surface area contributed by atoms with E-state index in [1.54, 1.807) is 0 Å². The van der Waals surface area contributed by atoms with Crippen molar-refractivity contribution in [2.45, 2.75) is 12.0 Å². The van der Waals surface area contributed by atoms with Crippen LogP contribution in [0.5, 0.6) is 0 Å². The van der Waals surface area contributed by atoms with E-state index < -0.39 is 23.3 Å². The smallest absolute Gasteiger partial charge is 0.322 e. The Balaban J connectivity index is 1.83. The van der Waals surface area contributed by atoms with Crippen molar-refractivity contribution in [3.05, 3.63) is 34.1 Å². The number of rotatable bonds is 1. The van der Waals surface area contributed by atoms with Crippen LogP contribution in [0.25, 0.3) is 0 Å².